The standard InChI is InChI=1S/C14H17F3N4O/c1-4-9(2)19-12-5-10(14(15,16)17)7-21(13(12)22)11-6-18-20(3)8-11/h5-9,19H,4H2,1-3H3. The van der Waals surface area contributed by atoms with E-state index in [0.717, 1.165) is 16.8 Å². The van der Waals surface area contributed by atoms with Crippen LogP contribution in [0.4, 0.5) is 18.9 Å². The van der Waals surface area contributed by atoms with Crippen LogP contribution in [-0.4, -0.2) is 20.4 Å². The van der Waals surface area contributed by atoms with Gasteiger partial charge >= 0.3 is 6.18 Å². The molecule has 2 heterocycles. The maximum atomic E-state index is 13.1. The molecule has 2 rings (SSSR count). The van der Waals surface area contributed by atoms with Gasteiger partial charge in [-0.1, -0.05) is 6.92 Å². The van der Waals surface area contributed by atoms with Crippen molar-refractivity contribution in [3.8, 4) is 5.69 Å². The summed E-state index contributed by atoms with van der Waals surface area (Å²) >= 11 is 0. The van der Waals surface area contributed by atoms with Crippen LogP contribution in [0.15, 0.2) is 29.5 Å². The SMILES string of the molecule is CCC(C)Nc1cc(C(F)(F)F)cn(-c2cnn(C)c2)c1=O. The van der Waals surface area contributed by atoms with E-state index in [2.05, 4.69) is 10.4 Å². The maximum absolute atomic E-state index is 13.1. The van der Waals surface area contributed by atoms with Gasteiger partial charge in [0.15, 0.2) is 0 Å². The number of alkyl halides is 3. The number of nitrogens with zero attached hydrogens (tertiary/aromatic N) is 3. The minimum absolute atomic E-state index is 0.0759. The van der Waals surface area contributed by atoms with Gasteiger partial charge in [-0.15, -0.1) is 0 Å². The largest absolute Gasteiger partial charge is 0.417 e. The number of rotatable bonds is 4. The molecule has 0 saturated heterocycles. The van der Waals surface area contributed by atoms with Crippen molar-refractivity contribution in [3.63, 3.8) is 0 Å². The van der Waals surface area contributed by atoms with Gasteiger partial charge in [0.25, 0.3) is 5.56 Å². The fraction of sp³-hybridized carbons (Fsp3) is 0.429. The smallest absolute Gasteiger partial charge is 0.378 e. The van der Waals surface area contributed by atoms with E-state index < -0.39 is 17.3 Å². The number of hydrogen-bond acceptors (Lipinski definition) is 3. The van der Waals surface area contributed by atoms with Crippen LogP contribution >= 0.6 is 0 Å². The molecule has 1 N–H and O–H groups in total. The van der Waals surface area contributed by atoms with Gasteiger partial charge in [-0.2, -0.15) is 18.3 Å². The average Bonchev–Trinajstić information content (AvgIpc) is 2.86. The minimum Gasteiger partial charge on any atom is -0.378 e. The van der Waals surface area contributed by atoms with Crippen LogP contribution in [0.25, 0.3) is 5.69 Å². The summed E-state index contributed by atoms with van der Waals surface area (Å²) in [6.07, 6.45) is -0.240. The summed E-state index contributed by atoms with van der Waals surface area (Å²) in [5.74, 6) is 0. The number of anilines is 1. The minimum atomic E-state index is -4.54. The van der Waals surface area contributed by atoms with E-state index >= 15 is 0 Å². The second-order valence-corrected chi connectivity index (χ2v) is 5.14. The summed E-state index contributed by atoms with van der Waals surface area (Å²) < 4.78 is 41.5. The summed E-state index contributed by atoms with van der Waals surface area (Å²) in [7, 11) is 1.63. The molecule has 0 aliphatic rings. The summed E-state index contributed by atoms with van der Waals surface area (Å²) in [5.41, 5.74) is -1.22. The van der Waals surface area contributed by atoms with Crippen molar-refractivity contribution >= 4 is 5.69 Å². The fourth-order valence-corrected chi connectivity index (χ4v) is 1.93. The maximum Gasteiger partial charge on any atom is 0.417 e. The number of halogens is 3. The molecule has 1 unspecified atom stereocenters. The molecule has 120 valence electrons. The van der Waals surface area contributed by atoms with Crippen molar-refractivity contribution in [2.45, 2.75) is 32.5 Å². The van der Waals surface area contributed by atoms with Gasteiger partial charge in [-0.05, 0) is 19.4 Å². The predicted octanol–water partition coefficient (Wildman–Crippen LogP) is 2.80. The van der Waals surface area contributed by atoms with Crippen LogP contribution in [0.5, 0.6) is 0 Å². The Balaban J connectivity index is 2.61. The zero-order valence-corrected chi connectivity index (χ0v) is 12.5. The van der Waals surface area contributed by atoms with Gasteiger partial charge in [-0.25, -0.2) is 0 Å². The third-order valence-corrected chi connectivity index (χ3v) is 3.33. The Kier molecular flexibility index (Phi) is 4.30. The molecular weight excluding hydrogens is 297 g/mol. The number of aromatic nitrogens is 3. The molecule has 1 atom stereocenters. The van der Waals surface area contributed by atoms with Crippen molar-refractivity contribution in [1.82, 2.24) is 14.3 Å². The van der Waals surface area contributed by atoms with E-state index in [1.54, 1.807) is 14.0 Å². The van der Waals surface area contributed by atoms with E-state index in [0.29, 0.717) is 6.42 Å². The third kappa shape index (κ3) is 3.32. The van der Waals surface area contributed by atoms with E-state index in [-0.39, 0.29) is 17.4 Å². The number of nitrogens with one attached hydrogen (secondary N) is 1. The van der Waals surface area contributed by atoms with Crippen molar-refractivity contribution < 1.29 is 13.2 Å². The van der Waals surface area contributed by atoms with Gasteiger partial charge in [0, 0.05) is 25.5 Å². The van der Waals surface area contributed by atoms with E-state index in [1.807, 2.05) is 6.92 Å². The Hall–Kier alpha value is -2.25. The first-order valence-corrected chi connectivity index (χ1v) is 6.81. The van der Waals surface area contributed by atoms with Crippen molar-refractivity contribution in [2.75, 3.05) is 5.32 Å². The molecule has 5 nitrogen and oxygen atoms in total. The molecule has 0 aromatic carbocycles. The number of pyridine rings is 1. The fourth-order valence-electron chi connectivity index (χ4n) is 1.93. The highest BCUT2D eigenvalue weighted by molar-refractivity contribution is 5.47. The summed E-state index contributed by atoms with van der Waals surface area (Å²) in [6, 6.07) is 0.736. The first-order valence-electron chi connectivity index (χ1n) is 6.81. The van der Waals surface area contributed by atoms with Crippen molar-refractivity contribution in [2.24, 2.45) is 7.05 Å². The molecule has 0 fully saturated rings. The van der Waals surface area contributed by atoms with Crippen molar-refractivity contribution in [1.29, 1.82) is 0 Å². The Morgan fingerprint density at radius 3 is 2.55 bits per heavy atom. The molecule has 2 aromatic heterocycles. The van der Waals surface area contributed by atoms with Crippen LogP contribution in [0, 0.1) is 0 Å². The lowest BCUT2D eigenvalue weighted by molar-refractivity contribution is -0.137. The van der Waals surface area contributed by atoms with Crippen LogP contribution in [0.1, 0.15) is 25.8 Å². The molecule has 8 heteroatoms. The Morgan fingerprint density at radius 2 is 2.05 bits per heavy atom. The molecule has 0 aliphatic carbocycles. The lowest BCUT2D eigenvalue weighted by Gasteiger charge is -2.16. The highest BCUT2D eigenvalue weighted by atomic mass is 19.4. The van der Waals surface area contributed by atoms with Gasteiger partial charge in [0.05, 0.1) is 17.4 Å². The van der Waals surface area contributed by atoms with E-state index in [4.69, 9.17) is 0 Å². The van der Waals surface area contributed by atoms with E-state index in [1.165, 1.54) is 17.1 Å². The normalized spacial score (nSPS) is 13.2. The summed E-state index contributed by atoms with van der Waals surface area (Å²) in [6.45, 7) is 3.68. The lowest BCUT2D eigenvalue weighted by atomic mass is 10.2. The quantitative estimate of drug-likeness (QED) is 0.944. The first kappa shape index (κ1) is 16.1. The molecule has 0 aliphatic heterocycles. The molecule has 0 saturated carbocycles. The molecule has 2 aromatic rings. The van der Waals surface area contributed by atoms with Crippen LogP contribution in [0.2, 0.25) is 0 Å². The van der Waals surface area contributed by atoms with Crippen LogP contribution < -0.4 is 10.9 Å². The van der Waals surface area contributed by atoms with Crippen LogP contribution in [-0.2, 0) is 13.2 Å². The van der Waals surface area contributed by atoms with Crippen molar-refractivity contribution in [3.05, 3.63) is 40.6 Å². The molecule has 0 spiro atoms. The molecular formula is C14H17F3N4O. The predicted molar refractivity (Wildman–Crippen MR) is 77.2 cm³/mol. The Morgan fingerprint density at radius 1 is 1.36 bits per heavy atom. The number of aryl methyl sites for hydroxylation is 1. The topological polar surface area (TPSA) is 51.9 Å². The average molecular weight is 314 g/mol. The zero-order chi connectivity index (χ0) is 16.5. The van der Waals surface area contributed by atoms with Gasteiger partial charge in [-0.3, -0.25) is 14.0 Å². The van der Waals surface area contributed by atoms with E-state index in [9.17, 15) is 18.0 Å². The van der Waals surface area contributed by atoms with Gasteiger partial charge < -0.3 is 5.32 Å². The monoisotopic (exact) mass is 314 g/mol. The second kappa shape index (κ2) is 5.86. The third-order valence-electron chi connectivity index (χ3n) is 3.33. The highest BCUT2D eigenvalue weighted by Gasteiger charge is 2.32. The van der Waals surface area contributed by atoms with Crippen LogP contribution in [0.3, 0.4) is 0 Å². The summed E-state index contributed by atoms with van der Waals surface area (Å²) in [4.78, 5) is 12.4. The molecule has 0 bridgehead atoms. The second-order valence-electron chi connectivity index (χ2n) is 5.14. The molecule has 0 radical (unpaired) electrons. The van der Waals surface area contributed by atoms with Gasteiger partial charge in [0.2, 0.25) is 0 Å². The lowest BCUT2D eigenvalue weighted by Crippen LogP contribution is -2.27. The Labute approximate surface area is 125 Å². The molecule has 0 amide bonds. The van der Waals surface area contributed by atoms with Gasteiger partial charge in [0.1, 0.15) is 5.69 Å². The molecule has 22 heavy (non-hydrogen) atoms. The number of hydrogen-bond donors (Lipinski definition) is 1. The zero-order valence-electron chi connectivity index (χ0n) is 12.5. The summed E-state index contributed by atoms with van der Waals surface area (Å²) in [5, 5.41) is 6.72. The Bertz CT molecular complexity index is 718. The highest BCUT2D eigenvalue weighted by Crippen LogP contribution is 2.30. The first-order chi connectivity index (χ1) is 10.2.